The number of hydrogen-bond acceptors (Lipinski definition) is 4. The monoisotopic (exact) mass is 390 g/mol. The standard InChI is InChI=1S/C18H16ClFN4OS/c1-12-3-6-15(9-16(12)19)24-11-21-22-18(24)26-10-17(25)23(2)14-7-4-13(20)5-8-14/h3-9,11H,10H2,1-2H3. The minimum atomic E-state index is -0.339. The Morgan fingerprint density at radius 3 is 2.69 bits per heavy atom. The number of nitrogens with zero attached hydrogens (tertiary/aromatic N) is 4. The molecule has 3 aromatic rings. The number of carbonyl (C=O) groups excluding carboxylic acids is 1. The van der Waals surface area contributed by atoms with Gasteiger partial charge in [-0.05, 0) is 48.9 Å². The van der Waals surface area contributed by atoms with E-state index in [0.29, 0.717) is 15.9 Å². The van der Waals surface area contributed by atoms with Gasteiger partial charge in [0, 0.05) is 17.8 Å². The van der Waals surface area contributed by atoms with Crippen LogP contribution in [0.3, 0.4) is 0 Å². The van der Waals surface area contributed by atoms with E-state index >= 15 is 0 Å². The van der Waals surface area contributed by atoms with Gasteiger partial charge in [-0.15, -0.1) is 10.2 Å². The Kier molecular flexibility index (Phi) is 5.58. The number of aryl methyl sites for hydroxylation is 1. The van der Waals surface area contributed by atoms with Crippen LogP contribution >= 0.6 is 23.4 Å². The molecule has 1 heterocycles. The molecule has 0 aliphatic heterocycles. The van der Waals surface area contributed by atoms with Crippen molar-refractivity contribution < 1.29 is 9.18 Å². The lowest BCUT2D eigenvalue weighted by molar-refractivity contribution is -0.115. The van der Waals surface area contributed by atoms with Gasteiger partial charge < -0.3 is 4.90 Å². The van der Waals surface area contributed by atoms with Gasteiger partial charge in [-0.3, -0.25) is 9.36 Å². The van der Waals surface area contributed by atoms with Crippen LogP contribution in [0.2, 0.25) is 5.02 Å². The first kappa shape index (κ1) is 18.4. The summed E-state index contributed by atoms with van der Waals surface area (Å²) in [7, 11) is 1.65. The Balaban J connectivity index is 1.70. The van der Waals surface area contributed by atoms with Crippen molar-refractivity contribution in [2.24, 2.45) is 0 Å². The molecule has 0 radical (unpaired) electrons. The zero-order valence-corrected chi connectivity index (χ0v) is 15.8. The molecule has 0 aliphatic rings. The van der Waals surface area contributed by atoms with Crippen molar-refractivity contribution in [1.29, 1.82) is 0 Å². The minimum absolute atomic E-state index is 0.127. The summed E-state index contributed by atoms with van der Waals surface area (Å²) in [6.07, 6.45) is 1.58. The van der Waals surface area contributed by atoms with Gasteiger partial charge in [-0.2, -0.15) is 0 Å². The third-order valence-corrected chi connectivity index (χ3v) is 5.20. The minimum Gasteiger partial charge on any atom is -0.315 e. The number of rotatable bonds is 5. The van der Waals surface area contributed by atoms with Gasteiger partial charge in [0.15, 0.2) is 5.16 Å². The van der Waals surface area contributed by atoms with Crippen molar-refractivity contribution in [3.05, 3.63) is 65.2 Å². The maximum Gasteiger partial charge on any atom is 0.237 e. The third-order valence-electron chi connectivity index (χ3n) is 3.86. The second-order valence-electron chi connectivity index (χ2n) is 5.63. The third kappa shape index (κ3) is 4.05. The fourth-order valence-corrected chi connectivity index (χ4v) is 3.28. The van der Waals surface area contributed by atoms with Gasteiger partial charge in [0.1, 0.15) is 12.1 Å². The molecule has 0 bridgehead atoms. The number of hydrogen-bond donors (Lipinski definition) is 0. The van der Waals surface area contributed by atoms with Gasteiger partial charge in [-0.25, -0.2) is 4.39 Å². The Morgan fingerprint density at radius 2 is 2.00 bits per heavy atom. The molecule has 0 atom stereocenters. The van der Waals surface area contributed by atoms with Crippen LogP contribution in [-0.4, -0.2) is 33.5 Å². The summed E-state index contributed by atoms with van der Waals surface area (Å²) in [5.41, 5.74) is 2.44. The highest BCUT2D eigenvalue weighted by Gasteiger charge is 2.15. The number of anilines is 1. The molecule has 0 saturated carbocycles. The maximum absolute atomic E-state index is 13.0. The van der Waals surface area contributed by atoms with E-state index in [4.69, 9.17) is 11.6 Å². The van der Waals surface area contributed by atoms with E-state index in [9.17, 15) is 9.18 Å². The second-order valence-corrected chi connectivity index (χ2v) is 6.98. The molecule has 0 unspecified atom stereocenters. The van der Waals surface area contributed by atoms with E-state index in [1.165, 1.54) is 28.8 Å². The van der Waals surface area contributed by atoms with E-state index in [1.807, 2.05) is 25.1 Å². The molecule has 0 saturated heterocycles. The molecule has 8 heteroatoms. The molecule has 26 heavy (non-hydrogen) atoms. The second kappa shape index (κ2) is 7.88. The van der Waals surface area contributed by atoms with Gasteiger partial charge in [0.05, 0.1) is 11.4 Å². The van der Waals surface area contributed by atoms with Gasteiger partial charge in [0.2, 0.25) is 5.91 Å². The van der Waals surface area contributed by atoms with E-state index in [2.05, 4.69) is 10.2 Å². The normalized spacial score (nSPS) is 10.8. The van der Waals surface area contributed by atoms with Crippen LogP contribution in [-0.2, 0) is 4.79 Å². The van der Waals surface area contributed by atoms with E-state index in [1.54, 1.807) is 30.1 Å². The van der Waals surface area contributed by atoms with Crippen LogP contribution < -0.4 is 4.90 Å². The van der Waals surface area contributed by atoms with Crippen LogP contribution in [0.1, 0.15) is 5.56 Å². The van der Waals surface area contributed by atoms with Crippen molar-refractivity contribution in [3.63, 3.8) is 0 Å². The zero-order chi connectivity index (χ0) is 18.7. The Hall–Kier alpha value is -2.38. The summed E-state index contributed by atoms with van der Waals surface area (Å²) in [4.78, 5) is 13.9. The van der Waals surface area contributed by atoms with Gasteiger partial charge >= 0.3 is 0 Å². The summed E-state index contributed by atoms with van der Waals surface area (Å²) in [6, 6.07) is 11.4. The Labute approximate surface area is 159 Å². The zero-order valence-electron chi connectivity index (χ0n) is 14.2. The lowest BCUT2D eigenvalue weighted by Crippen LogP contribution is -2.28. The molecule has 3 rings (SSSR count). The number of halogens is 2. The molecule has 0 aliphatic carbocycles. The molecule has 1 amide bonds. The molecule has 134 valence electrons. The molecule has 1 aromatic heterocycles. The first-order valence-corrected chi connectivity index (χ1v) is 9.13. The predicted octanol–water partition coefficient (Wildman–Crippen LogP) is 4.12. The molecule has 2 aromatic carbocycles. The van der Waals surface area contributed by atoms with Crippen molar-refractivity contribution in [2.45, 2.75) is 12.1 Å². The predicted molar refractivity (Wildman–Crippen MR) is 102 cm³/mol. The lowest BCUT2D eigenvalue weighted by Gasteiger charge is -2.17. The highest BCUT2D eigenvalue weighted by molar-refractivity contribution is 7.99. The fraction of sp³-hybridized carbons (Fsp3) is 0.167. The molecule has 5 nitrogen and oxygen atoms in total. The number of amides is 1. The molecule has 0 N–H and O–H groups in total. The Bertz CT molecular complexity index is 929. The average molecular weight is 391 g/mol. The first-order chi connectivity index (χ1) is 12.5. The lowest BCUT2D eigenvalue weighted by atomic mass is 10.2. The molecule has 0 spiro atoms. The van der Waals surface area contributed by atoms with Crippen molar-refractivity contribution >= 4 is 35.0 Å². The molecular weight excluding hydrogens is 375 g/mol. The summed E-state index contributed by atoms with van der Waals surface area (Å²) >= 11 is 7.46. The van der Waals surface area contributed by atoms with Gasteiger partial charge in [0.25, 0.3) is 0 Å². The largest absolute Gasteiger partial charge is 0.315 e. The Morgan fingerprint density at radius 1 is 1.27 bits per heavy atom. The summed E-state index contributed by atoms with van der Waals surface area (Å²) in [5, 5.41) is 9.24. The summed E-state index contributed by atoms with van der Waals surface area (Å²) in [6.45, 7) is 1.93. The van der Waals surface area contributed by atoms with Crippen LogP contribution in [0, 0.1) is 12.7 Å². The molecular formula is C18H16ClFN4OS. The van der Waals surface area contributed by atoms with Gasteiger partial charge in [-0.1, -0.05) is 29.4 Å². The van der Waals surface area contributed by atoms with Crippen molar-refractivity contribution in [2.75, 3.05) is 17.7 Å². The average Bonchev–Trinajstić information content (AvgIpc) is 3.10. The number of aromatic nitrogens is 3. The maximum atomic E-state index is 13.0. The van der Waals surface area contributed by atoms with Crippen molar-refractivity contribution in [1.82, 2.24) is 14.8 Å². The first-order valence-electron chi connectivity index (χ1n) is 7.77. The smallest absolute Gasteiger partial charge is 0.237 e. The summed E-state index contributed by atoms with van der Waals surface area (Å²) < 4.78 is 14.8. The number of carbonyl (C=O) groups is 1. The number of thioether (sulfide) groups is 1. The highest BCUT2D eigenvalue weighted by Crippen LogP contribution is 2.24. The summed E-state index contributed by atoms with van der Waals surface area (Å²) in [5.74, 6) is -0.293. The highest BCUT2D eigenvalue weighted by atomic mass is 35.5. The van der Waals surface area contributed by atoms with Crippen LogP contribution in [0.25, 0.3) is 5.69 Å². The van der Waals surface area contributed by atoms with E-state index in [0.717, 1.165) is 11.3 Å². The fourth-order valence-electron chi connectivity index (χ4n) is 2.26. The molecule has 0 fully saturated rings. The topological polar surface area (TPSA) is 51.0 Å². The van der Waals surface area contributed by atoms with E-state index < -0.39 is 0 Å². The number of benzene rings is 2. The SMILES string of the molecule is Cc1ccc(-n2cnnc2SCC(=O)N(C)c2ccc(F)cc2)cc1Cl. The van der Waals surface area contributed by atoms with E-state index in [-0.39, 0.29) is 17.5 Å². The van der Waals surface area contributed by atoms with Crippen LogP contribution in [0.4, 0.5) is 10.1 Å². The van der Waals surface area contributed by atoms with Crippen LogP contribution in [0.5, 0.6) is 0 Å². The van der Waals surface area contributed by atoms with Crippen molar-refractivity contribution in [3.8, 4) is 5.69 Å². The van der Waals surface area contributed by atoms with Crippen LogP contribution in [0.15, 0.2) is 53.9 Å². The quantitative estimate of drug-likeness (QED) is 0.615.